The fourth-order valence-corrected chi connectivity index (χ4v) is 1.84. The molecule has 1 saturated carbocycles. The maximum atomic E-state index is 12.7. The molecule has 0 saturated heterocycles. The third-order valence-corrected chi connectivity index (χ3v) is 3.40. The number of alkyl halides is 3. The molecule has 0 heterocycles. The Hall–Kier alpha value is -1.23. The number of nitrogens with two attached hydrogens (primary N) is 1. The molecular formula is C12H15F3N2. The molecule has 0 aromatic heterocycles. The monoisotopic (exact) mass is 244 g/mol. The minimum absolute atomic E-state index is 0.165. The molecule has 1 aliphatic rings. The molecule has 0 bridgehead atoms. The Morgan fingerprint density at radius 3 is 2.53 bits per heavy atom. The van der Waals surface area contributed by atoms with E-state index in [2.05, 4.69) is 5.32 Å². The fraction of sp³-hybridized carbons (Fsp3) is 0.500. The number of hydrogen-bond donors (Lipinski definition) is 2. The number of anilines is 1. The zero-order valence-corrected chi connectivity index (χ0v) is 9.56. The highest BCUT2D eigenvalue weighted by Gasteiger charge is 2.62. The van der Waals surface area contributed by atoms with E-state index >= 15 is 0 Å². The summed E-state index contributed by atoms with van der Waals surface area (Å²) in [5.74, 6) is 0. The van der Waals surface area contributed by atoms with Crippen LogP contribution in [0, 0.1) is 6.92 Å². The maximum absolute atomic E-state index is 12.7. The normalized spacial score (nSPS) is 18.1. The van der Waals surface area contributed by atoms with Gasteiger partial charge in [0.15, 0.2) is 0 Å². The van der Waals surface area contributed by atoms with Crippen molar-refractivity contribution in [2.24, 2.45) is 0 Å². The van der Waals surface area contributed by atoms with Crippen molar-refractivity contribution >= 4 is 5.69 Å². The molecule has 1 aliphatic carbocycles. The smallest absolute Gasteiger partial charge is 0.399 e. The second-order valence-electron chi connectivity index (χ2n) is 4.56. The maximum Gasteiger partial charge on any atom is 0.406 e. The predicted octanol–water partition coefficient (Wildman–Crippen LogP) is 2.76. The lowest BCUT2D eigenvalue weighted by molar-refractivity contribution is -0.166. The highest BCUT2D eigenvalue weighted by molar-refractivity contribution is 5.49. The minimum Gasteiger partial charge on any atom is -0.399 e. The molecule has 0 aliphatic heterocycles. The van der Waals surface area contributed by atoms with E-state index in [-0.39, 0.29) is 19.4 Å². The highest BCUT2D eigenvalue weighted by atomic mass is 19.4. The number of rotatable bonds is 3. The van der Waals surface area contributed by atoms with Gasteiger partial charge < -0.3 is 5.73 Å². The average molecular weight is 244 g/mol. The van der Waals surface area contributed by atoms with E-state index in [1.165, 1.54) is 0 Å². The van der Waals surface area contributed by atoms with Gasteiger partial charge in [0.25, 0.3) is 0 Å². The van der Waals surface area contributed by atoms with E-state index < -0.39 is 11.7 Å². The van der Waals surface area contributed by atoms with Gasteiger partial charge in [-0.2, -0.15) is 13.2 Å². The van der Waals surface area contributed by atoms with Crippen LogP contribution in [-0.4, -0.2) is 11.7 Å². The molecule has 2 rings (SSSR count). The Morgan fingerprint density at radius 2 is 2.00 bits per heavy atom. The second kappa shape index (κ2) is 3.91. The lowest BCUT2D eigenvalue weighted by Gasteiger charge is -2.21. The summed E-state index contributed by atoms with van der Waals surface area (Å²) in [4.78, 5) is 0. The number of hydrogen-bond acceptors (Lipinski definition) is 2. The topological polar surface area (TPSA) is 38.0 Å². The van der Waals surface area contributed by atoms with E-state index in [0.717, 1.165) is 11.1 Å². The summed E-state index contributed by atoms with van der Waals surface area (Å²) in [5.41, 5.74) is 6.33. The standard InChI is InChI=1S/C12H15F3N2/c1-8-9(3-2-4-10(8)16)7-17-11(5-6-11)12(13,14)15/h2-4,17H,5-7,16H2,1H3. The first-order valence-corrected chi connectivity index (χ1v) is 5.51. The van der Waals surface area contributed by atoms with Crippen molar-refractivity contribution in [1.82, 2.24) is 5.32 Å². The Balaban J connectivity index is 2.06. The van der Waals surface area contributed by atoms with Crippen molar-refractivity contribution in [3.8, 4) is 0 Å². The van der Waals surface area contributed by atoms with Gasteiger partial charge in [0.2, 0.25) is 0 Å². The molecule has 2 nitrogen and oxygen atoms in total. The summed E-state index contributed by atoms with van der Waals surface area (Å²) in [6.07, 6.45) is -3.84. The fourth-order valence-electron chi connectivity index (χ4n) is 1.84. The van der Waals surface area contributed by atoms with E-state index in [1.807, 2.05) is 6.92 Å². The molecule has 1 aromatic rings. The predicted molar refractivity (Wildman–Crippen MR) is 60.5 cm³/mol. The first-order chi connectivity index (χ1) is 7.86. The molecular weight excluding hydrogens is 229 g/mol. The van der Waals surface area contributed by atoms with Crippen molar-refractivity contribution in [3.63, 3.8) is 0 Å². The lowest BCUT2D eigenvalue weighted by atomic mass is 10.1. The SMILES string of the molecule is Cc1c(N)cccc1CNC1(C(F)(F)F)CC1. The highest BCUT2D eigenvalue weighted by Crippen LogP contribution is 2.49. The summed E-state index contributed by atoms with van der Waals surface area (Å²) in [5, 5.41) is 2.61. The molecule has 1 fully saturated rings. The van der Waals surface area contributed by atoms with E-state index in [4.69, 9.17) is 5.73 Å². The summed E-state index contributed by atoms with van der Waals surface area (Å²) in [6, 6.07) is 5.30. The molecule has 0 unspecified atom stereocenters. The van der Waals surface area contributed by atoms with Crippen LogP contribution in [0.1, 0.15) is 24.0 Å². The molecule has 17 heavy (non-hydrogen) atoms. The van der Waals surface area contributed by atoms with Gasteiger partial charge in [-0.3, -0.25) is 5.32 Å². The van der Waals surface area contributed by atoms with Gasteiger partial charge in [-0.1, -0.05) is 12.1 Å². The van der Waals surface area contributed by atoms with Gasteiger partial charge in [0, 0.05) is 12.2 Å². The van der Waals surface area contributed by atoms with Crippen LogP contribution < -0.4 is 11.1 Å². The Labute approximate surface area is 98.0 Å². The van der Waals surface area contributed by atoms with Gasteiger partial charge in [0.1, 0.15) is 5.54 Å². The van der Waals surface area contributed by atoms with Gasteiger partial charge in [-0.05, 0) is 37.0 Å². The average Bonchev–Trinajstić information content (AvgIpc) is 3.00. The van der Waals surface area contributed by atoms with Crippen molar-refractivity contribution in [1.29, 1.82) is 0 Å². The van der Waals surface area contributed by atoms with E-state index in [9.17, 15) is 13.2 Å². The number of halogens is 3. The van der Waals surface area contributed by atoms with E-state index in [1.54, 1.807) is 18.2 Å². The lowest BCUT2D eigenvalue weighted by Crippen LogP contribution is -2.44. The van der Waals surface area contributed by atoms with Crippen LogP contribution in [0.3, 0.4) is 0 Å². The van der Waals surface area contributed by atoms with E-state index in [0.29, 0.717) is 5.69 Å². The largest absolute Gasteiger partial charge is 0.406 e. The number of nitrogen functional groups attached to an aromatic ring is 1. The summed E-state index contributed by atoms with van der Waals surface area (Å²) >= 11 is 0. The van der Waals surface area contributed by atoms with Gasteiger partial charge >= 0.3 is 6.18 Å². The van der Waals surface area contributed by atoms with Crippen molar-refractivity contribution in [3.05, 3.63) is 29.3 Å². The summed E-state index contributed by atoms with van der Waals surface area (Å²) < 4.78 is 38.1. The third-order valence-electron chi connectivity index (χ3n) is 3.40. The van der Waals surface area contributed by atoms with Crippen LogP contribution in [0.2, 0.25) is 0 Å². The molecule has 5 heteroatoms. The first-order valence-electron chi connectivity index (χ1n) is 5.51. The van der Waals surface area contributed by atoms with Crippen LogP contribution in [0.5, 0.6) is 0 Å². The zero-order chi connectivity index (χ0) is 12.7. The van der Waals surface area contributed by atoms with Gasteiger partial charge in [-0.15, -0.1) is 0 Å². The molecule has 0 atom stereocenters. The van der Waals surface area contributed by atoms with Gasteiger partial charge in [0.05, 0.1) is 0 Å². The minimum atomic E-state index is -4.17. The summed E-state index contributed by atoms with van der Waals surface area (Å²) in [6.45, 7) is 2.02. The third kappa shape index (κ3) is 2.24. The molecule has 0 spiro atoms. The molecule has 94 valence electrons. The Bertz CT molecular complexity index is 422. The summed E-state index contributed by atoms with van der Waals surface area (Å²) in [7, 11) is 0. The van der Waals surface area contributed by atoms with Crippen LogP contribution >= 0.6 is 0 Å². The van der Waals surface area contributed by atoms with Crippen molar-refractivity contribution < 1.29 is 13.2 Å². The van der Waals surface area contributed by atoms with Crippen molar-refractivity contribution in [2.75, 3.05) is 5.73 Å². The van der Waals surface area contributed by atoms with Crippen LogP contribution in [0.15, 0.2) is 18.2 Å². The Morgan fingerprint density at radius 1 is 1.35 bits per heavy atom. The van der Waals surface area contributed by atoms with Crippen LogP contribution in [0.4, 0.5) is 18.9 Å². The first kappa shape index (κ1) is 12.2. The quantitative estimate of drug-likeness (QED) is 0.802. The van der Waals surface area contributed by atoms with Crippen LogP contribution in [-0.2, 0) is 6.54 Å². The zero-order valence-electron chi connectivity index (χ0n) is 9.56. The number of benzene rings is 1. The number of nitrogens with one attached hydrogen (secondary N) is 1. The molecule has 1 aromatic carbocycles. The second-order valence-corrected chi connectivity index (χ2v) is 4.56. The van der Waals surface area contributed by atoms with Crippen molar-refractivity contribution in [2.45, 2.75) is 38.0 Å². The van der Waals surface area contributed by atoms with Crippen LogP contribution in [0.25, 0.3) is 0 Å². The van der Waals surface area contributed by atoms with Gasteiger partial charge in [-0.25, -0.2) is 0 Å². The molecule has 0 amide bonds. The molecule has 3 N–H and O–H groups in total. The molecule has 0 radical (unpaired) electrons. The Kier molecular flexibility index (Phi) is 2.81.